The van der Waals surface area contributed by atoms with Crippen molar-refractivity contribution in [2.24, 2.45) is 0 Å². The molecule has 62 valence electrons. The molecule has 0 aromatic heterocycles. The van der Waals surface area contributed by atoms with Gasteiger partial charge in [0, 0.05) is 26.1 Å². The SMILES string of the molecule is N#CCCN1CCCNCC1. The molecule has 1 N–H and O–H groups in total. The van der Waals surface area contributed by atoms with E-state index in [1.54, 1.807) is 0 Å². The minimum Gasteiger partial charge on any atom is -0.315 e. The van der Waals surface area contributed by atoms with E-state index >= 15 is 0 Å². The molecule has 0 bridgehead atoms. The minimum absolute atomic E-state index is 0.667. The second kappa shape index (κ2) is 5.11. The summed E-state index contributed by atoms with van der Waals surface area (Å²) in [4.78, 5) is 2.35. The van der Waals surface area contributed by atoms with Crippen LogP contribution in [0.25, 0.3) is 0 Å². The van der Waals surface area contributed by atoms with E-state index in [0.717, 1.165) is 32.7 Å². The normalized spacial score (nSPS) is 20.6. The third kappa shape index (κ3) is 3.35. The van der Waals surface area contributed by atoms with Crippen LogP contribution in [0, 0.1) is 11.3 Å². The van der Waals surface area contributed by atoms with Gasteiger partial charge < -0.3 is 10.2 Å². The summed E-state index contributed by atoms with van der Waals surface area (Å²) in [7, 11) is 0. The van der Waals surface area contributed by atoms with Gasteiger partial charge in [0.05, 0.1) is 6.07 Å². The zero-order valence-electron chi connectivity index (χ0n) is 6.84. The first-order valence-electron chi connectivity index (χ1n) is 4.23. The molecule has 1 aliphatic rings. The van der Waals surface area contributed by atoms with Crippen LogP contribution < -0.4 is 5.32 Å². The van der Waals surface area contributed by atoms with Gasteiger partial charge in [0.2, 0.25) is 0 Å². The largest absolute Gasteiger partial charge is 0.315 e. The zero-order chi connectivity index (χ0) is 7.94. The Labute approximate surface area is 68.0 Å². The van der Waals surface area contributed by atoms with Crippen LogP contribution in [0.3, 0.4) is 0 Å². The Morgan fingerprint density at radius 2 is 2.27 bits per heavy atom. The van der Waals surface area contributed by atoms with Gasteiger partial charge in [0.25, 0.3) is 0 Å². The van der Waals surface area contributed by atoms with Crippen LogP contribution in [-0.4, -0.2) is 37.6 Å². The Bertz CT molecular complexity index is 131. The lowest BCUT2D eigenvalue weighted by Crippen LogP contribution is -2.28. The summed E-state index contributed by atoms with van der Waals surface area (Å²) in [5, 5.41) is 11.7. The molecule has 0 atom stereocenters. The average Bonchev–Trinajstić information content (AvgIpc) is 2.28. The van der Waals surface area contributed by atoms with Crippen LogP contribution in [0.2, 0.25) is 0 Å². The summed E-state index contributed by atoms with van der Waals surface area (Å²) in [6.07, 6.45) is 1.88. The summed E-state index contributed by atoms with van der Waals surface area (Å²) in [6.45, 7) is 5.39. The van der Waals surface area contributed by atoms with Crippen molar-refractivity contribution in [3.8, 4) is 6.07 Å². The van der Waals surface area contributed by atoms with Crippen molar-refractivity contribution in [1.29, 1.82) is 5.26 Å². The smallest absolute Gasteiger partial charge is 0.0635 e. The summed E-state index contributed by atoms with van der Waals surface area (Å²) in [5.41, 5.74) is 0. The fourth-order valence-corrected chi connectivity index (χ4v) is 1.33. The van der Waals surface area contributed by atoms with Crippen LogP contribution >= 0.6 is 0 Å². The van der Waals surface area contributed by atoms with Gasteiger partial charge in [-0.2, -0.15) is 5.26 Å². The number of hydrogen-bond donors (Lipinski definition) is 1. The van der Waals surface area contributed by atoms with Gasteiger partial charge in [-0.3, -0.25) is 0 Å². The van der Waals surface area contributed by atoms with E-state index in [2.05, 4.69) is 16.3 Å². The first-order chi connectivity index (χ1) is 5.43. The molecule has 1 fully saturated rings. The van der Waals surface area contributed by atoms with Gasteiger partial charge in [0.1, 0.15) is 0 Å². The van der Waals surface area contributed by atoms with Gasteiger partial charge >= 0.3 is 0 Å². The molecule has 0 unspecified atom stereocenters. The molecule has 11 heavy (non-hydrogen) atoms. The van der Waals surface area contributed by atoms with E-state index in [1.165, 1.54) is 6.42 Å². The highest BCUT2D eigenvalue weighted by molar-refractivity contribution is 4.74. The first-order valence-corrected chi connectivity index (χ1v) is 4.23. The Balaban J connectivity index is 2.15. The van der Waals surface area contributed by atoms with E-state index in [0.29, 0.717) is 6.42 Å². The Morgan fingerprint density at radius 3 is 3.09 bits per heavy atom. The van der Waals surface area contributed by atoms with E-state index in [1.807, 2.05) is 0 Å². The predicted octanol–water partition coefficient (Wildman–Crippen LogP) is 0.195. The molecule has 1 aliphatic heterocycles. The molecule has 0 aromatic carbocycles. The lowest BCUT2D eigenvalue weighted by Gasteiger charge is -2.16. The number of nitriles is 1. The standard InChI is InChI=1S/C8H15N3/c9-3-1-6-11-7-2-4-10-5-8-11/h10H,1-2,4-8H2. The number of nitrogens with zero attached hydrogens (tertiary/aromatic N) is 2. The third-order valence-corrected chi connectivity index (χ3v) is 1.97. The first kappa shape index (κ1) is 8.51. The van der Waals surface area contributed by atoms with Crippen LogP contribution in [-0.2, 0) is 0 Å². The zero-order valence-corrected chi connectivity index (χ0v) is 6.84. The van der Waals surface area contributed by atoms with Crippen LogP contribution in [0.5, 0.6) is 0 Å². The fraction of sp³-hybridized carbons (Fsp3) is 0.875. The maximum Gasteiger partial charge on any atom is 0.0635 e. The quantitative estimate of drug-likeness (QED) is 0.615. The second-order valence-electron chi connectivity index (χ2n) is 2.85. The summed E-state index contributed by atoms with van der Waals surface area (Å²) in [5.74, 6) is 0. The molecular weight excluding hydrogens is 138 g/mol. The maximum absolute atomic E-state index is 8.37. The molecule has 3 heteroatoms. The van der Waals surface area contributed by atoms with Crippen molar-refractivity contribution in [1.82, 2.24) is 10.2 Å². The average molecular weight is 153 g/mol. The molecule has 1 saturated heterocycles. The molecule has 3 nitrogen and oxygen atoms in total. The van der Waals surface area contributed by atoms with E-state index in [-0.39, 0.29) is 0 Å². The fourth-order valence-electron chi connectivity index (χ4n) is 1.33. The molecule has 0 aromatic rings. The lowest BCUT2D eigenvalue weighted by atomic mass is 10.3. The highest BCUT2D eigenvalue weighted by Crippen LogP contribution is 1.95. The highest BCUT2D eigenvalue weighted by Gasteiger charge is 2.06. The third-order valence-electron chi connectivity index (χ3n) is 1.97. The van der Waals surface area contributed by atoms with Crippen molar-refractivity contribution < 1.29 is 0 Å². The van der Waals surface area contributed by atoms with Crippen molar-refractivity contribution in [3.05, 3.63) is 0 Å². The highest BCUT2D eigenvalue weighted by atomic mass is 15.1. The molecule has 0 radical (unpaired) electrons. The van der Waals surface area contributed by atoms with Gasteiger partial charge in [0.15, 0.2) is 0 Å². The summed E-state index contributed by atoms with van der Waals surface area (Å²) in [6, 6.07) is 2.17. The topological polar surface area (TPSA) is 39.1 Å². The van der Waals surface area contributed by atoms with Gasteiger partial charge in [-0.15, -0.1) is 0 Å². The molecule has 1 heterocycles. The van der Waals surface area contributed by atoms with Gasteiger partial charge in [-0.05, 0) is 19.5 Å². The van der Waals surface area contributed by atoms with Gasteiger partial charge in [-0.25, -0.2) is 0 Å². The van der Waals surface area contributed by atoms with Crippen molar-refractivity contribution in [3.63, 3.8) is 0 Å². The summed E-state index contributed by atoms with van der Waals surface area (Å²) < 4.78 is 0. The van der Waals surface area contributed by atoms with Crippen LogP contribution in [0.4, 0.5) is 0 Å². The molecular formula is C8H15N3. The molecule has 0 aliphatic carbocycles. The predicted molar refractivity (Wildman–Crippen MR) is 44.2 cm³/mol. The second-order valence-corrected chi connectivity index (χ2v) is 2.85. The van der Waals surface area contributed by atoms with Crippen molar-refractivity contribution in [2.45, 2.75) is 12.8 Å². The van der Waals surface area contributed by atoms with Gasteiger partial charge in [-0.1, -0.05) is 0 Å². The van der Waals surface area contributed by atoms with E-state index in [4.69, 9.17) is 5.26 Å². The molecule has 0 saturated carbocycles. The Morgan fingerprint density at radius 1 is 1.36 bits per heavy atom. The van der Waals surface area contributed by atoms with Crippen molar-refractivity contribution in [2.75, 3.05) is 32.7 Å². The molecule has 0 spiro atoms. The molecule has 1 rings (SSSR count). The Kier molecular flexibility index (Phi) is 3.95. The van der Waals surface area contributed by atoms with Crippen molar-refractivity contribution >= 4 is 0 Å². The molecule has 0 amide bonds. The summed E-state index contributed by atoms with van der Waals surface area (Å²) >= 11 is 0. The van der Waals surface area contributed by atoms with Crippen LogP contribution in [0.15, 0.2) is 0 Å². The Hall–Kier alpha value is -0.590. The lowest BCUT2D eigenvalue weighted by molar-refractivity contribution is 0.299. The van der Waals surface area contributed by atoms with E-state index < -0.39 is 0 Å². The van der Waals surface area contributed by atoms with Crippen LogP contribution in [0.1, 0.15) is 12.8 Å². The maximum atomic E-state index is 8.37. The minimum atomic E-state index is 0.667. The monoisotopic (exact) mass is 153 g/mol. The van der Waals surface area contributed by atoms with E-state index in [9.17, 15) is 0 Å². The number of nitrogens with one attached hydrogen (secondary N) is 1. The number of hydrogen-bond acceptors (Lipinski definition) is 3. The number of rotatable bonds is 2.